The number of hydrogen-bond donors (Lipinski definition) is 1. The molecule has 0 aliphatic carbocycles. The maximum Gasteiger partial charge on any atom is 0.434 e. The molecule has 0 bridgehead atoms. The van der Waals surface area contributed by atoms with Gasteiger partial charge in [-0.2, -0.15) is 18.4 Å². The lowest BCUT2D eigenvalue weighted by atomic mass is 10.1. The average Bonchev–Trinajstić information content (AvgIpc) is 2.55. The van der Waals surface area contributed by atoms with Crippen molar-refractivity contribution in [3.63, 3.8) is 0 Å². The highest BCUT2D eigenvalue weighted by Crippen LogP contribution is 2.37. The topological polar surface area (TPSA) is 71.9 Å². The van der Waals surface area contributed by atoms with Crippen molar-refractivity contribution in [3.8, 4) is 17.6 Å². The van der Waals surface area contributed by atoms with Crippen LogP contribution in [0.1, 0.15) is 11.3 Å². The minimum Gasteiger partial charge on any atom is -0.457 e. The van der Waals surface area contributed by atoms with Crippen molar-refractivity contribution in [2.24, 2.45) is 0 Å². The van der Waals surface area contributed by atoms with Gasteiger partial charge in [0.05, 0.1) is 11.2 Å². The fraction of sp³-hybridized carbons (Fsp3) is 0.0588. The normalized spacial score (nSPS) is 11.2. The van der Waals surface area contributed by atoms with Crippen LogP contribution in [0.2, 0.25) is 0 Å². The van der Waals surface area contributed by atoms with Crippen LogP contribution >= 0.6 is 0 Å². The van der Waals surface area contributed by atoms with Crippen molar-refractivity contribution >= 4 is 16.6 Å². The minimum absolute atomic E-state index is 0.0410. The zero-order chi connectivity index (χ0) is 17.3. The van der Waals surface area contributed by atoms with E-state index in [4.69, 9.17) is 15.7 Å². The molecule has 0 saturated carbocycles. The standard InChI is InChI=1S/C17H10F3N3O/c18-17(19,20)16-13(9-21)15(22)12-8-11(6-7-14(12)23-16)24-10-4-2-1-3-5-10/h1-8H,(H2,22,23). The number of alkyl halides is 3. The second-order valence-electron chi connectivity index (χ2n) is 4.95. The smallest absolute Gasteiger partial charge is 0.434 e. The molecule has 0 fully saturated rings. The minimum atomic E-state index is -4.76. The first-order chi connectivity index (χ1) is 11.4. The number of ether oxygens (including phenoxy) is 1. The number of halogens is 3. The zero-order valence-electron chi connectivity index (χ0n) is 12.1. The molecule has 3 aromatic rings. The van der Waals surface area contributed by atoms with Crippen LogP contribution in [0.15, 0.2) is 48.5 Å². The molecule has 2 aromatic carbocycles. The Morgan fingerprint density at radius 3 is 2.38 bits per heavy atom. The third-order valence-electron chi connectivity index (χ3n) is 3.36. The van der Waals surface area contributed by atoms with Crippen molar-refractivity contribution in [1.29, 1.82) is 5.26 Å². The Kier molecular flexibility index (Phi) is 3.73. The maximum absolute atomic E-state index is 13.0. The molecule has 2 N–H and O–H groups in total. The number of fused-ring (bicyclic) bond motifs is 1. The van der Waals surface area contributed by atoms with Gasteiger partial charge in [0.1, 0.15) is 23.1 Å². The first kappa shape index (κ1) is 15.6. The molecule has 1 heterocycles. The summed E-state index contributed by atoms with van der Waals surface area (Å²) < 4.78 is 44.7. The van der Waals surface area contributed by atoms with Gasteiger partial charge in [0.15, 0.2) is 5.69 Å². The van der Waals surface area contributed by atoms with E-state index in [1.807, 2.05) is 6.07 Å². The van der Waals surface area contributed by atoms with Crippen LogP contribution in [-0.4, -0.2) is 4.98 Å². The van der Waals surface area contributed by atoms with Crippen molar-refractivity contribution in [2.45, 2.75) is 6.18 Å². The number of aromatic nitrogens is 1. The van der Waals surface area contributed by atoms with Crippen molar-refractivity contribution in [2.75, 3.05) is 5.73 Å². The molecular weight excluding hydrogens is 319 g/mol. The predicted octanol–water partition coefficient (Wildman–Crippen LogP) is 4.50. The first-order valence-electron chi connectivity index (χ1n) is 6.83. The number of anilines is 1. The molecule has 7 heteroatoms. The van der Waals surface area contributed by atoms with Gasteiger partial charge in [-0.1, -0.05) is 18.2 Å². The van der Waals surface area contributed by atoms with Crippen LogP contribution in [0.5, 0.6) is 11.5 Å². The molecule has 0 atom stereocenters. The highest BCUT2D eigenvalue weighted by molar-refractivity contribution is 5.94. The Balaban J connectivity index is 2.14. The van der Waals surface area contributed by atoms with Crippen molar-refractivity contribution in [1.82, 2.24) is 4.98 Å². The summed E-state index contributed by atoms with van der Waals surface area (Å²) >= 11 is 0. The Hall–Kier alpha value is -3.27. The SMILES string of the molecule is N#Cc1c(C(F)(F)F)nc2ccc(Oc3ccccc3)cc2c1N. The highest BCUT2D eigenvalue weighted by atomic mass is 19.4. The summed E-state index contributed by atoms with van der Waals surface area (Å²) in [5.41, 5.74) is 3.57. The van der Waals surface area contributed by atoms with E-state index in [1.54, 1.807) is 24.3 Å². The summed E-state index contributed by atoms with van der Waals surface area (Å²) in [6.45, 7) is 0. The second kappa shape index (κ2) is 5.74. The quantitative estimate of drug-likeness (QED) is 0.751. The lowest BCUT2D eigenvalue weighted by Gasteiger charge is -2.13. The Morgan fingerprint density at radius 1 is 1.04 bits per heavy atom. The third-order valence-corrected chi connectivity index (χ3v) is 3.36. The molecule has 0 aliphatic heterocycles. The van der Waals surface area contributed by atoms with Gasteiger partial charge in [-0.05, 0) is 30.3 Å². The van der Waals surface area contributed by atoms with E-state index in [9.17, 15) is 13.2 Å². The molecule has 0 radical (unpaired) electrons. The van der Waals surface area contributed by atoms with E-state index in [0.717, 1.165) is 0 Å². The van der Waals surface area contributed by atoms with E-state index in [2.05, 4.69) is 4.98 Å². The van der Waals surface area contributed by atoms with Crippen LogP contribution in [0.4, 0.5) is 18.9 Å². The van der Waals surface area contributed by atoms with Crippen LogP contribution in [0.3, 0.4) is 0 Å². The van der Waals surface area contributed by atoms with E-state index in [0.29, 0.717) is 11.5 Å². The van der Waals surface area contributed by atoms with Gasteiger partial charge in [-0.15, -0.1) is 0 Å². The van der Waals surface area contributed by atoms with E-state index in [-0.39, 0.29) is 16.6 Å². The molecule has 24 heavy (non-hydrogen) atoms. The number of nitrogen functional groups attached to an aromatic ring is 1. The fourth-order valence-electron chi connectivity index (χ4n) is 2.27. The number of rotatable bonds is 2. The summed E-state index contributed by atoms with van der Waals surface area (Å²) in [4.78, 5) is 3.54. The Labute approximate surface area is 134 Å². The van der Waals surface area contributed by atoms with Crippen LogP contribution in [-0.2, 0) is 6.18 Å². The predicted molar refractivity (Wildman–Crippen MR) is 82.4 cm³/mol. The fourth-order valence-corrected chi connectivity index (χ4v) is 2.27. The maximum atomic E-state index is 13.0. The molecule has 0 amide bonds. The molecular formula is C17H10F3N3O. The van der Waals surface area contributed by atoms with Crippen LogP contribution < -0.4 is 10.5 Å². The molecule has 0 unspecified atom stereocenters. The third kappa shape index (κ3) is 2.82. The number of benzene rings is 2. The number of nitriles is 1. The Morgan fingerprint density at radius 2 is 1.75 bits per heavy atom. The van der Waals surface area contributed by atoms with Gasteiger partial charge in [0, 0.05) is 5.39 Å². The zero-order valence-corrected chi connectivity index (χ0v) is 12.1. The molecule has 0 aliphatic rings. The second-order valence-corrected chi connectivity index (χ2v) is 4.95. The summed E-state index contributed by atoms with van der Waals surface area (Å²) in [7, 11) is 0. The molecule has 1 aromatic heterocycles. The molecule has 4 nitrogen and oxygen atoms in total. The van der Waals surface area contributed by atoms with Gasteiger partial charge in [-0.25, -0.2) is 4.98 Å². The number of hydrogen-bond acceptors (Lipinski definition) is 4. The van der Waals surface area contributed by atoms with Gasteiger partial charge in [-0.3, -0.25) is 0 Å². The Bertz CT molecular complexity index is 947. The molecule has 0 spiro atoms. The lowest BCUT2D eigenvalue weighted by molar-refractivity contribution is -0.141. The van der Waals surface area contributed by atoms with Gasteiger partial charge in [0.2, 0.25) is 0 Å². The summed E-state index contributed by atoms with van der Waals surface area (Å²) in [5.74, 6) is 0.946. The largest absolute Gasteiger partial charge is 0.457 e. The molecule has 120 valence electrons. The van der Waals surface area contributed by atoms with Crippen molar-refractivity contribution < 1.29 is 17.9 Å². The highest BCUT2D eigenvalue weighted by Gasteiger charge is 2.37. The van der Waals surface area contributed by atoms with Crippen molar-refractivity contribution in [3.05, 3.63) is 59.8 Å². The van der Waals surface area contributed by atoms with E-state index < -0.39 is 17.4 Å². The summed E-state index contributed by atoms with van der Waals surface area (Å²) in [6, 6.07) is 14.7. The number of pyridine rings is 1. The number of nitrogens with zero attached hydrogens (tertiary/aromatic N) is 2. The number of nitrogens with two attached hydrogens (primary N) is 1. The molecule has 0 saturated heterocycles. The van der Waals surface area contributed by atoms with Gasteiger partial charge in [0.25, 0.3) is 0 Å². The monoisotopic (exact) mass is 329 g/mol. The van der Waals surface area contributed by atoms with Gasteiger partial charge < -0.3 is 10.5 Å². The van der Waals surface area contributed by atoms with Gasteiger partial charge >= 0.3 is 6.18 Å². The van der Waals surface area contributed by atoms with Crippen LogP contribution in [0.25, 0.3) is 10.9 Å². The number of para-hydroxylation sites is 1. The summed E-state index contributed by atoms with van der Waals surface area (Å²) in [6.07, 6.45) is -4.76. The summed E-state index contributed by atoms with van der Waals surface area (Å²) in [5, 5.41) is 9.25. The molecule has 3 rings (SSSR count). The lowest BCUT2D eigenvalue weighted by Crippen LogP contribution is -2.13. The van der Waals surface area contributed by atoms with Crippen LogP contribution in [0, 0.1) is 11.3 Å². The van der Waals surface area contributed by atoms with E-state index in [1.165, 1.54) is 24.3 Å². The first-order valence-corrected chi connectivity index (χ1v) is 6.83. The average molecular weight is 329 g/mol. The van der Waals surface area contributed by atoms with E-state index >= 15 is 0 Å².